The Bertz CT molecular complexity index is 147. The molecule has 1 aliphatic heterocycles. The first-order valence-corrected chi connectivity index (χ1v) is 4.18. The van der Waals surface area contributed by atoms with Crippen LogP contribution in [0.2, 0.25) is 0 Å². The summed E-state index contributed by atoms with van der Waals surface area (Å²) in [6.07, 6.45) is 2.96. The van der Waals surface area contributed by atoms with Crippen LogP contribution in [0, 0.1) is 5.92 Å². The van der Waals surface area contributed by atoms with E-state index < -0.39 is 5.97 Å². The van der Waals surface area contributed by atoms with E-state index in [9.17, 15) is 4.79 Å². The third-order valence-corrected chi connectivity index (χ3v) is 2.33. The van der Waals surface area contributed by atoms with E-state index in [4.69, 9.17) is 5.11 Å². The third-order valence-electron chi connectivity index (χ3n) is 2.33. The van der Waals surface area contributed by atoms with Gasteiger partial charge >= 0.3 is 5.97 Å². The molecular weight excluding hydrogens is 142 g/mol. The maximum atomic E-state index is 10.7. The van der Waals surface area contributed by atoms with Crippen LogP contribution in [0.15, 0.2) is 0 Å². The van der Waals surface area contributed by atoms with Gasteiger partial charge in [-0.25, -0.2) is 0 Å². The molecule has 2 atom stereocenters. The van der Waals surface area contributed by atoms with E-state index in [2.05, 4.69) is 5.32 Å². The number of rotatable bonds is 1. The molecule has 1 heterocycles. The second-order valence-corrected chi connectivity index (χ2v) is 3.18. The van der Waals surface area contributed by atoms with Crippen molar-refractivity contribution in [2.24, 2.45) is 5.92 Å². The lowest BCUT2D eigenvalue weighted by Crippen LogP contribution is -2.36. The highest BCUT2D eigenvalue weighted by atomic mass is 16.4. The van der Waals surface area contributed by atoms with Crippen molar-refractivity contribution in [3.05, 3.63) is 0 Å². The Morgan fingerprint density at radius 1 is 1.55 bits per heavy atom. The smallest absolute Gasteiger partial charge is 0.308 e. The van der Waals surface area contributed by atoms with Crippen molar-refractivity contribution < 1.29 is 9.90 Å². The van der Waals surface area contributed by atoms with Crippen LogP contribution in [-0.2, 0) is 4.79 Å². The normalized spacial score (nSPS) is 32.8. The average molecular weight is 157 g/mol. The van der Waals surface area contributed by atoms with E-state index in [1.807, 2.05) is 6.92 Å². The zero-order chi connectivity index (χ0) is 8.27. The Labute approximate surface area is 66.8 Å². The minimum absolute atomic E-state index is 0.134. The molecule has 3 heteroatoms. The van der Waals surface area contributed by atoms with E-state index in [0.29, 0.717) is 0 Å². The molecule has 1 rings (SSSR count). The summed E-state index contributed by atoms with van der Waals surface area (Å²) in [5.74, 6) is -0.843. The quantitative estimate of drug-likeness (QED) is 0.593. The molecule has 0 radical (unpaired) electrons. The fraction of sp³-hybridized carbons (Fsp3) is 0.875. The maximum absolute atomic E-state index is 10.7. The highest BCUT2D eigenvalue weighted by Crippen LogP contribution is 2.16. The predicted molar refractivity (Wildman–Crippen MR) is 42.4 cm³/mol. The molecule has 0 spiro atoms. The standard InChI is InChI=1S/C8H15NO2/c1-6-7(8(10)11)4-2-3-5-9-6/h6-7,9H,2-5H2,1H3,(H,10,11)/t6?,7-/m1/s1. The molecule has 0 saturated carbocycles. The summed E-state index contributed by atoms with van der Waals surface area (Å²) in [6.45, 7) is 2.91. The first kappa shape index (κ1) is 8.53. The fourth-order valence-corrected chi connectivity index (χ4v) is 1.55. The number of carbonyl (C=O) groups is 1. The average Bonchev–Trinajstić information content (AvgIpc) is 2.13. The molecule has 1 fully saturated rings. The molecule has 1 aliphatic rings. The van der Waals surface area contributed by atoms with Crippen molar-refractivity contribution in [1.29, 1.82) is 0 Å². The highest BCUT2D eigenvalue weighted by Gasteiger charge is 2.25. The van der Waals surface area contributed by atoms with Gasteiger partial charge in [-0.1, -0.05) is 6.42 Å². The molecule has 64 valence electrons. The number of hydrogen-bond acceptors (Lipinski definition) is 2. The predicted octanol–water partition coefficient (Wildman–Crippen LogP) is 0.849. The van der Waals surface area contributed by atoms with Crippen LogP contribution in [0.3, 0.4) is 0 Å². The van der Waals surface area contributed by atoms with Crippen molar-refractivity contribution >= 4 is 5.97 Å². The van der Waals surface area contributed by atoms with Crippen LogP contribution in [-0.4, -0.2) is 23.7 Å². The number of hydrogen-bond donors (Lipinski definition) is 2. The zero-order valence-corrected chi connectivity index (χ0v) is 6.84. The van der Waals surface area contributed by atoms with Gasteiger partial charge in [0.2, 0.25) is 0 Å². The van der Waals surface area contributed by atoms with Gasteiger partial charge in [-0.15, -0.1) is 0 Å². The number of carboxylic acid groups (broad SMARTS) is 1. The van der Waals surface area contributed by atoms with Crippen LogP contribution >= 0.6 is 0 Å². The molecular formula is C8H15NO2. The molecule has 0 amide bonds. The van der Waals surface area contributed by atoms with Crippen LogP contribution in [0.4, 0.5) is 0 Å². The highest BCUT2D eigenvalue weighted by molar-refractivity contribution is 5.70. The van der Waals surface area contributed by atoms with E-state index in [-0.39, 0.29) is 12.0 Å². The van der Waals surface area contributed by atoms with Gasteiger partial charge in [0, 0.05) is 6.04 Å². The van der Waals surface area contributed by atoms with Crippen LogP contribution in [0.1, 0.15) is 26.2 Å². The largest absolute Gasteiger partial charge is 0.481 e. The van der Waals surface area contributed by atoms with Gasteiger partial charge < -0.3 is 10.4 Å². The van der Waals surface area contributed by atoms with E-state index in [1.54, 1.807) is 0 Å². The topological polar surface area (TPSA) is 49.3 Å². The Balaban J connectivity index is 2.52. The molecule has 1 unspecified atom stereocenters. The van der Waals surface area contributed by atoms with E-state index in [1.165, 1.54) is 0 Å². The van der Waals surface area contributed by atoms with E-state index in [0.717, 1.165) is 25.8 Å². The Morgan fingerprint density at radius 3 is 2.91 bits per heavy atom. The lowest BCUT2D eigenvalue weighted by atomic mass is 9.97. The summed E-state index contributed by atoms with van der Waals surface area (Å²) in [6, 6.07) is 0.134. The molecule has 0 aromatic heterocycles. The van der Waals surface area contributed by atoms with Crippen LogP contribution in [0.25, 0.3) is 0 Å². The molecule has 2 N–H and O–H groups in total. The Morgan fingerprint density at radius 2 is 2.27 bits per heavy atom. The summed E-state index contributed by atoms with van der Waals surface area (Å²) in [5.41, 5.74) is 0. The van der Waals surface area contributed by atoms with Crippen molar-refractivity contribution in [2.75, 3.05) is 6.54 Å². The van der Waals surface area contributed by atoms with E-state index >= 15 is 0 Å². The van der Waals surface area contributed by atoms with Gasteiger partial charge in [-0.05, 0) is 26.3 Å². The van der Waals surface area contributed by atoms with Gasteiger partial charge in [0.25, 0.3) is 0 Å². The molecule has 0 aliphatic carbocycles. The summed E-state index contributed by atoms with van der Waals surface area (Å²) in [7, 11) is 0. The minimum atomic E-state index is -0.660. The summed E-state index contributed by atoms with van der Waals surface area (Å²) < 4.78 is 0. The molecule has 0 aromatic carbocycles. The molecule has 3 nitrogen and oxygen atoms in total. The third kappa shape index (κ3) is 2.19. The number of nitrogens with one attached hydrogen (secondary N) is 1. The van der Waals surface area contributed by atoms with Gasteiger partial charge in [0.1, 0.15) is 0 Å². The Kier molecular flexibility index (Phi) is 2.88. The second-order valence-electron chi connectivity index (χ2n) is 3.18. The zero-order valence-electron chi connectivity index (χ0n) is 6.84. The number of aliphatic carboxylic acids is 1. The first-order valence-electron chi connectivity index (χ1n) is 4.18. The Hall–Kier alpha value is -0.570. The molecule has 0 aromatic rings. The van der Waals surface area contributed by atoms with Gasteiger partial charge in [-0.3, -0.25) is 4.79 Å². The summed E-state index contributed by atoms with van der Waals surface area (Å²) in [5, 5.41) is 12.0. The van der Waals surface area contributed by atoms with Crippen molar-refractivity contribution in [3.63, 3.8) is 0 Å². The second kappa shape index (κ2) is 3.72. The minimum Gasteiger partial charge on any atom is -0.481 e. The summed E-state index contributed by atoms with van der Waals surface area (Å²) >= 11 is 0. The van der Waals surface area contributed by atoms with Gasteiger partial charge in [0.15, 0.2) is 0 Å². The first-order chi connectivity index (χ1) is 5.22. The van der Waals surface area contributed by atoms with Crippen molar-refractivity contribution in [3.8, 4) is 0 Å². The number of carboxylic acids is 1. The van der Waals surface area contributed by atoms with Crippen LogP contribution in [0.5, 0.6) is 0 Å². The van der Waals surface area contributed by atoms with Crippen LogP contribution < -0.4 is 5.32 Å². The van der Waals surface area contributed by atoms with Gasteiger partial charge in [-0.2, -0.15) is 0 Å². The fourth-order valence-electron chi connectivity index (χ4n) is 1.55. The lowest BCUT2D eigenvalue weighted by Gasteiger charge is -2.16. The molecule has 11 heavy (non-hydrogen) atoms. The molecule has 0 bridgehead atoms. The summed E-state index contributed by atoms with van der Waals surface area (Å²) in [4.78, 5) is 10.7. The molecule has 1 saturated heterocycles. The monoisotopic (exact) mass is 157 g/mol. The van der Waals surface area contributed by atoms with Crippen molar-refractivity contribution in [2.45, 2.75) is 32.2 Å². The van der Waals surface area contributed by atoms with Crippen molar-refractivity contribution in [1.82, 2.24) is 5.32 Å². The van der Waals surface area contributed by atoms with Gasteiger partial charge in [0.05, 0.1) is 5.92 Å². The SMILES string of the molecule is CC1NCCCC[C@H]1C(=O)O. The maximum Gasteiger partial charge on any atom is 0.308 e. The lowest BCUT2D eigenvalue weighted by molar-refractivity contribution is -0.142.